The van der Waals surface area contributed by atoms with Gasteiger partial charge in [-0.3, -0.25) is 9.59 Å². The van der Waals surface area contributed by atoms with Gasteiger partial charge in [0.1, 0.15) is 5.41 Å². The molecule has 1 aromatic rings. The van der Waals surface area contributed by atoms with E-state index in [-0.39, 0.29) is 0 Å². The number of nitrogens with zero attached hydrogens (tertiary/aromatic N) is 1. The maximum Gasteiger partial charge on any atom is 0.248 e. The molecule has 3 N–H and O–H groups in total. The Kier molecular flexibility index (Phi) is 4.05. The monoisotopic (exact) mass is 245 g/mol. The van der Waals surface area contributed by atoms with Gasteiger partial charge in [-0.2, -0.15) is 5.26 Å². The first-order valence-electron chi connectivity index (χ1n) is 5.55. The molecule has 5 nitrogen and oxygen atoms in total. The van der Waals surface area contributed by atoms with E-state index in [2.05, 4.69) is 5.32 Å². The summed E-state index contributed by atoms with van der Waals surface area (Å²) >= 11 is 0. The smallest absolute Gasteiger partial charge is 0.248 e. The van der Waals surface area contributed by atoms with Crippen LogP contribution in [0.2, 0.25) is 0 Å². The van der Waals surface area contributed by atoms with Gasteiger partial charge in [0.2, 0.25) is 11.8 Å². The summed E-state index contributed by atoms with van der Waals surface area (Å²) < 4.78 is 0. The zero-order valence-electron chi connectivity index (χ0n) is 10.4. The summed E-state index contributed by atoms with van der Waals surface area (Å²) in [5.41, 5.74) is 4.83. The summed E-state index contributed by atoms with van der Waals surface area (Å²) in [6, 6.07) is 8.27. The SMILES string of the molecule is CCC(C)(C#N)C(=O)Nc1cccc(C(N)=O)c1. The first-order valence-corrected chi connectivity index (χ1v) is 5.55. The zero-order valence-corrected chi connectivity index (χ0v) is 10.4. The van der Waals surface area contributed by atoms with Gasteiger partial charge >= 0.3 is 0 Å². The van der Waals surface area contributed by atoms with Crippen molar-refractivity contribution in [1.29, 1.82) is 5.26 Å². The number of anilines is 1. The van der Waals surface area contributed by atoms with Crippen LogP contribution in [0.1, 0.15) is 30.6 Å². The van der Waals surface area contributed by atoms with Crippen LogP contribution < -0.4 is 11.1 Å². The van der Waals surface area contributed by atoms with Crippen LogP contribution in [0.3, 0.4) is 0 Å². The molecule has 94 valence electrons. The van der Waals surface area contributed by atoms with Crippen LogP contribution in [0.4, 0.5) is 5.69 Å². The van der Waals surface area contributed by atoms with Crippen LogP contribution in [0.25, 0.3) is 0 Å². The summed E-state index contributed by atoms with van der Waals surface area (Å²) in [7, 11) is 0. The Labute approximate surface area is 106 Å². The first-order chi connectivity index (χ1) is 8.42. The molecule has 0 fully saturated rings. The number of nitrogens with two attached hydrogens (primary N) is 1. The normalized spacial score (nSPS) is 13.2. The standard InChI is InChI=1S/C13H15N3O2/c1-3-13(2,8-14)12(18)16-10-6-4-5-9(7-10)11(15)17/h4-7H,3H2,1-2H3,(H2,15,17)(H,16,18). The molecule has 0 aliphatic carbocycles. The molecule has 18 heavy (non-hydrogen) atoms. The molecule has 1 rings (SSSR count). The Hall–Kier alpha value is -2.35. The number of hydrogen-bond donors (Lipinski definition) is 2. The van der Waals surface area contributed by atoms with Crippen LogP contribution in [-0.4, -0.2) is 11.8 Å². The van der Waals surface area contributed by atoms with Gasteiger partial charge in [-0.1, -0.05) is 13.0 Å². The van der Waals surface area contributed by atoms with Crippen molar-refractivity contribution in [2.75, 3.05) is 5.32 Å². The lowest BCUT2D eigenvalue weighted by atomic mass is 9.88. The summed E-state index contributed by atoms with van der Waals surface area (Å²) in [5, 5.41) is 11.6. The Balaban J connectivity index is 2.92. The van der Waals surface area contributed by atoms with Crippen molar-refractivity contribution in [1.82, 2.24) is 0 Å². The van der Waals surface area contributed by atoms with Crippen LogP contribution in [-0.2, 0) is 4.79 Å². The van der Waals surface area contributed by atoms with Gasteiger partial charge in [0.05, 0.1) is 6.07 Å². The predicted octanol–water partition coefficient (Wildman–Crippen LogP) is 1.66. The van der Waals surface area contributed by atoms with E-state index in [0.29, 0.717) is 17.7 Å². The highest BCUT2D eigenvalue weighted by Crippen LogP contribution is 2.22. The average Bonchev–Trinajstić information content (AvgIpc) is 2.38. The second kappa shape index (κ2) is 5.32. The van der Waals surface area contributed by atoms with E-state index < -0.39 is 17.2 Å². The fraction of sp³-hybridized carbons (Fsp3) is 0.308. The van der Waals surface area contributed by atoms with Crippen molar-refractivity contribution in [2.24, 2.45) is 11.1 Å². The molecule has 5 heteroatoms. The number of carbonyl (C=O) groups excluding carboxylic acids is 2. The number of nitriles is 1. The van der Waals surface area contributed by atoms with Crippen molar-refractivity contribution in [3.8, 4) is 6.07 Å². The minimum Gasteiger partial charge on any atom is -0.366 e. The quantitative estimate of drug-likeness (QED) is 0.844. The lowest BCUT2D eigenvalue weighted by molar-refractivity contribution is -0.122. The summed E-state index contributed by atoms with van der Waals surface area (Å²) in [6.45, 7) is 3.34. The van der Waals surface area contributed by atoms with E-state index in [1.54, 1.807) is 32.0 Å². The van der Waals surface area contributed by atoms with Gasteiger partial charge in [-0.15, -0.1) is 0 Å². The Morgan fingerprint density at radius 2 is 2.17 bits per heavy atom. The van der Waals surface area contributed by atoms with Crippen molar-refractivity contribution in [3.63, 3.8) is 0 Å². The maximum atomic E-state index is 11.9. The van der Waals surface area contributed by atoms with Gasteiger partial charge in [0.15, 0.2) is 0 Å². The van der Waals surface area contributed by atoms with Crippen molar-refractivity contribution in [2.45, 2.75) is 20.3 Å². The molecule has 2 amide bonds. The highest BCUT2D eigenvalue weighted by Gasteiger charge is 2.31. The Morgan fingerprint density at radius 1 is 1.50 bits per heavy atom. The van der Waals surface area contributed by atoms with Crippen molar-refractivity contribution in [3.05, 3.63) is 29.8 Å². The largest absolute Gasteiger partial charge is 0.366 e. The van der Waals surface area contributed by atoms with Crippen LogP contribution >= 0.6 is 0 Å². The van der Waals surface area contributed by atoms with Crippen LogP contribution in [0.5, 0.6) is 0 Å². The van der Waals surface area contributed by atoms with E-state index in [9.17, 15) is 9.59 Å². The minimum atomic E-state index is -1.08. The van der Waals surface area contributed by atoms with Gasteiger partial charge in [0, 0.05) is 11.3 Å². The molecule has 0 aliphatic rings. The summed E-state index contributed by atoms with van der Waals surface area (Å²) in [6.07, 6.45) is 0.408. The molecule has 0 radical (unpaired) electrons. The third-order valence-electron chi connectivity index (χ3n) is 2.86. The number of amides is 2. The lowest BCUT2D eigenvalue weighted by Gasteiger charge is -2.18. The van der Waals surface area contributed by atoms with Gasteiger partial charge in [0.25, 0.3) is 0 Å². The van der Waals surface area contributed by atoms with Crippen LogP contribution in [0, 0.1) is 16.7 Å². The second-order valence-corrected chi connectivity index (χ2v) is 4.20. The number of nitrogens with one attached hydrogen (secondary N) is 1. The molecule has 0 bridgehead atoms. The van der Waals surface area contributed by atoms with Crippen molar-refractivity contribution >= 4 is 17.5 Å². The molecule has 0 heterocycles. The third kappa shape index (κ3) is 2.86. The molecule has 1 atom stereocenters. The molecule has 0 aromatic heterocycles. The molecule has 0 aliphatic heterocycles. The second-order valence-electron chi connectivity index (χ2n) is 4.20. The van der Waals surface area contributed by atoms with Crippen LogP contribution in [0.15, 0.2) is 24.3 Å². The molecule has 0 saturated carbocycles. The van der Waals surface area contributed by atoms with Crippen molar-refractivity contribution < 1.29 is 9.59 Å². The molecular weight excluding hydrogens is 230 g/mol. The van der Waals surface area contributed by atoms with E-state index in [4.69, 9.17) is 11.0 Å². The Morgan fingerprint density at radius 3 is 2.67 bits per heavy atom. The average molecular weight is 245 g/mol. The topological polar surface area (TPSA) is 96.0 Å². The van der Waals surface area contributed by atoms with E-state index in [1.165, 1.54) is 6.07 Å². The third-order valence-corrected chi connectivity index (χ3v) is 2.86. The number of carbonyl (C=O) groups is 2. The fourth-order valence-electron chi connectivity index (χ4n) is 1.31. The molecule has 1 unspecified atom stereocenters. The number of benzene rings is 1. The highest BCUT2D eigenvalue weighted by atomic mass is 16.2. The number of rotatable bonds is 4. The van der Waals surface area contributed by atoms with E-state index in [0.717, 1.165) is 0 Å². The maximum absolute atomic E-state index is 11.9. The Bertz CT molecular complexity index is 519. The molecule has 1 aromatic carbocycles. The molecule has 0 saturated heterocycles. The summed E-state index contributed by atoms with van der Waals surface area (Å²) in [5.74, 6) is -0.959. The minimum absolute atomic E-state index is 0.308. The van der Waals surface area contributed by atoms with E-state index >= 15 is 0 Å². The number of hydrogen-bond acceptors (Lipinski definition) is 3. The summed E-state index contributed by atoms with van der Waals surface area (Å²) in [4.78, 5) is 22.9. The van der Waals surface area contributed by atoms with Gasteiger partial charge in [-0.25, -0.2) is 0 Å². The predicted molar refractivity (Wildman–Crippen MR) is 67.6 cm³/mol. The molecular formula is C13H15N3O2. The zero-order chi connectivity index (χ0) is 13.8. The lowest BCUT2D eigenvalue weighted by Crippen LogP contribution is -2.31. The van der Waals surface area contributed by atoms with Gasteiger partial charge < -0.3 is 11.1 Å². The number of primary amides is 1. The van der Waals surface area contributed by atoms with E-state index in [1.807, 2.05) is 6.07 Å². The van der Waals surface area contributed by atoms with Gasteiger partial charge in [-0.05, 0) is 31.5 Å². The molecule has 0 spiro atoms. The highest BCUT2D eigenvalue weighted by molar-refractivity contribution is 5.99. The first kappa shape index (κ1) is 13.7. The fourth-order valence-corrected chi connectivity index (χ4v) is 1.31.